The average Bonchev–Trinajstić information content (AvgIpc) is 2.87. The van der Waals surface area contributed by atoms with Gasteiger partial charge in [0, 0.05) is 24.7 Å². The molecule has 0 saturated heterocycles. The second kappa shape index (κ2) is 5.76. The fourth-order valence-corrected chi connectivity index (χ4v) is 3.46. The van der Waals surface area contributed by atoms with Crippen molar-refractivity contribution in [2.24, 2.45) is 0 Å². The normalized spacial score (nSPS) is 16.9. The molecule has 1 aromatic heterocycles. The van der Waals surface area contributed by atoms with Crippen molar-refractivity contribution < 1.29 is 4.79 Å². The summed E-state index contributed by atoms with van der Waals surface area (Å²) in [6.07, 6.45) is 0. The van der Waals surface area contributed by atoms with E-state index in [9.17, 15) is 4.79 Å². The standard InChI is InChI=1S/C19H20N4O/c1-12-11-23-17-15(19(24)21-12)8-5-9-16(17)22-18(23)14-7-4-3-6-13(14)10-20-2/h3-9,12,20H,10-11H2,1-2H3,(H,21,24)/t12-/m0/s1. The molecule has 0 fully saturated rings. The lowest BCUT2D eigenvalue weighted by Crippen LogP contribution is -2.33. The Hall–Kier alpha value is -2.66. The minimum absolute atomic E-state index is 0.0261. The lowest BCUT2D eigenvalue weighted by atomic mass is 10.1. The quantitative estimate of drug-likeness (QED) is 0.780. The highest BCUT2D eigenvalue weighted by atomic mass is 16.1. The molecule has 4 rings (SSSR count). The Morgan fingerprint density at radius 1 is 1.21 bits per heavy atom. The zero-order valence-electron chi connectivity index (χ0n) is 13.8. The highest BCUT2D eigenvalue weighted by Gasteiger charge is 2.25. The van der Waals surface area contributed by atoms with Gasteiger partial charge < -0.3 is 15.2 Å². The third-order valence-corrected chi connectivity index (χ3v) is 4.47. The molecule has 122 valence electrons. The second-order valence-electron chi connectivity index (χ2n) is 6.28. The van der Waals surface area contributed by atoms with Gasteiger partial charge in [0.05, 0.1) is 16.6 Å². The number of carbonyl (C=O) groups excluding carboxylic acids is 1. The van der Waals surface area contributed by atoms with Crippen LogP contribution < -0.4 is 10.6 Å². The van der Waals surface area contributed by atoms with E-state index in [4.69, 9.17) is 4.98 Å². The Kier molecular flexibility index (Phi) is 3.58. The van der Waals surface area contributed by atoms with Gasteiger partial charge in [-0.3, -0.25) is 4.79 Å². The first-order valence-electron chi connectivity index (χ1n) is 8.22. The molecule has 0 spiro atoms. The minimum Gasteiger partial charge on any atom is -0.348 e. The summed E-state index contributed by atoms with van der Waals surface area (Å²) < 4.78 is 2.18. The van der Waals surface area contributed by atoms with E-state index in [1.807, 2.05) is 44.3 Å². The molecular formula is C19H20N4O. The number of benzene rings is 2. The van der Waals surface area contributed by atoms with Gasteiger partial charge in [0.2, 0.25) is 0 Å². The fourth-order valence-electron chi connectivity index (χ4n) is 3.46. The molecule has 1 aliphatic heterocycles. The summed E-state index contributed by atoms with van der Waals surface area (Å²) in [5.41, 5.74) is 4.79. The summed E-state index contributed by atoms with van der Waals surface area (Å²) in [5, 5.41) is 6.27. The molecule has 24 heavy (non-hydrogen) atoms. The van der Waals surface area contributed by atoms with E-state index in [-0.39, 0.29) is 11.9 Å². The van der Waals surface area contributed by atoms with Gasteiger partial charge in [0.15, 0.2) is 0 Å². The molecule has 5 nitrogen and oxygen atoms in total. The van der Waals surface area contributed by atoms with Crippen LogP contribution in [-0.2, 0) is 13.1 Å². The molecule has 3 aromatic rings. The van der Waals surface area contributed by atoms with Crippen molar-refractivity contribution in [1.29, 1.82) is 0 Å². The van der Waals surface area contributed by atoms with Crippen LogP contribution in [0.4, 0.5) is 0 Å². The summed E-state index contributed by atoms with van der Waals surface area (Å²) in [6.45, 7) is 3.51. The first kappa shape index (κ1) is 14.9. The Bertz CT molecular complexity index is 928. The zero-order valence-corrected chi connectivity index (χ0v) is 13.8. The number of nitrogens with one attached hydrogen (secondary N) is 2. The molecule has 1 aliphatic rings. The number of nitrogens with zero attached hydrogens (tertiary/aromatic N) is 2. The first-order valence-corrected chi connectivity index (χ1v) is 8.22. The number of hydrogen-bond acceptors (Lipinski definition) is 3. The number of carbonyl (C=O) groups is 1. The summed E-state index contributed by atoms with van der Waals surface area (Å²) in [5.74, 6) is 0.897. The van der Waals surface area contributed by atoms with Gasteiger partial charge in [0.25, 0.3) is 5.91 Å². The molecule has 1 atom stereocenters. The van der Waals surface area contributed by atoms with Gasteiger partial charge in [-0.05, 0) is 31.7 Å². The maximum Gasteiger partial charge on any atom is 0.253 e. The molecule has 0 unspecified atom stereocenters. The van der Waals surface area contributed by atoms with Crippen molar-refractivity contribution in [1.82, 2.24) is 20.2 Å². The van der Waals surface area contributed by atoms with E-state index in [0.29, 0.717) is 12.1 Å². The largest absolute Gasteiger partial charge is 0.348 e. The molecular weight excluding hydrogens is 300 g/mol. The fraction of sp³-hybridized carbons (Fsp3) is 0.263. The molecule has 1 amide bonds. The SMILES string of the molecule is CNCc1ccccc1-c1nc2cccc3c2n1C[C@H](C)NC3=O. The van der Waals surface area contributed by atoms with Crippen molar-refractivity contribution in [3.8, 4) is 11.4 Å². The van der Waals surface area contributed by atoms with E-state index < -0.39 is 0 Å². The number of rotatable bonds is 3. The van der Waals surface area contributed by atoms with E-state index in [2.05, 4.69) is 27.3 Å². The van der Waals surface area contributed by atoms with E-state index in [1.165, 1.54) is 5.56 Å². The average molecular weight is 320 g/mol. The Morgan fingerprint density at radius 2 is 2.00 bits per heavy atom. The summed E-state index contributed by atoms with van der Waals surface area (Å²) >= 11 is 0. The van der Waals surface area contributed by atoms with Crippen LogP contribution in [0, 0.1) is 0 Å². The van der Waals surface area contributed by atoms with Crippen LogP contribution in [0.15, 0.2) is 42.5 Å². The predicted octanol–water partition coefficient (Wildman–Crippen LogP) is 2.55. The van der Waals surface area contributed by atoms with Crippen LogP contribution in [0.2, 0.25) is 0 Å². The van der Waals surface area contributed by atoms with Gasteiger partial charge in [-0.1, -0.05) is 30.3 Å². The second-order valence-corrected chi connectivity index (χ2v) is 6.28. The highest BCUT2D eigenvalue weighted by Crippen LogP contribution is 2.30. The Morgan fingerprint density at radius 3 is 2.83 bits per heavy atom. The van der Waals surface area contributed by atoms with Gasteiger partial charge in [-0.25, -0.2) is 4.98 Å². The molecule has 2 N–H and O–H groups in total. The van der Waals surface area contributed by atoms with Crippen molar-refractivity contribution in [2.45, 2.75) is 26.1 Å². The molecule has 2 aromatic carbocycles. The molecule has 0 bridgehead atoms. The number of para-hydroxylation sites is 1. The number of imidazole rings is 1. The third-order valence-electron chi connectivity index (χ3n) is 4.47. The predicted molar refractivity (Wildman–Crippen MR) is 94.9 cm³/mol. The van der Waals surface area contributed by atoms with Gasteiger partial charge in [0.1, 0.15) is 5.82 Å². The molecule has 0 aliphatic carbocycles. The maximum atomic E-state index is 12.5. The Labute approximate surface area is 140 Å². The molecule has 5 heteroatoms. The number of aromatic nitrogens is 2. The van der Waals surface area contributed by atoms with E-state index >= 15 is 0 Å². The summed E-state index contributed by atoms with van der Waals surface area (Å²) in [4.78, 5) is 17.3. The Balaban J connectivity index is 2.01. The maximum absolute atomic E-state index is 12.5. The molecule has 0 saturated carbocycles. The lowest BCUT2D eigenvalue weighted by molar-refractivity contribution is 0.0942. The topological polar surface area (TPSA) is 59.0 Å². The number of hydrogen-bond donors (Lipinski definition) is 2. The van der Waals surface area contributed by atoms with E-state index in [0.717, 1.165) is 29.0 Å². The third kappa shape index (κ3) is 2.29. The summed E-state index contributed by atoms with van der Waals surface area (Å²) in [6, 6.07) is 14.1. The van der Waals surface area contributed by atoms with Gasteiger partial charge in [-0.2, -0.15) is 0 Å². The first-order chi connectivity index (χ1) is 11.7. The van der Waals surface area contributed by atoms with Crippen LogP contribution in [0.25, 0.3) is 22.4 Å². The lowest BCUT2D eigenvalue weighted by Gasteiger charge is -2.15. The zero-order chi connectivity index (χ0) is 16.7. The van der Waals surface area contributed by atoms with Crippen LogP contribution in [-0.4, -0.2) is 28.5 Å². The smallest absolute Gasteiger partial charge is 0.253 e. The highest BCUT2D eigenvalue weighted by molar-refractivity contribution is 6.06. The van der Waals surface area contributed by atoms with E-state index in [1.54, 1.807) is 0 Å². The molecule has 0 radical (unpaired) electrons. The van der Waals surface area contributed by atoms with Crippen LogP contribution >= 0.6 is 0 Å². The van der Waals surface area contributed by atoms with Gasteiger partial charge in [-0.15, -0.1) is 0 Å². The number of amides is 1. The van der Waals surface area contributed by atoms with Crippen molar-refractivity contribution >= 4 is 16.9 Å². The van der Waals surface area contributed by atoms with Crippen LogP contribution in [0.3, 0.4) is 0 Å². The van der Waals surface area contributed by atoms with Crippen molar-refractivity contribution in [3.05, 3.63) is 53.6 Å². The van der Waals surface area contributed by atoms with Crippen molar-refractivity contribution in [3.63, 3.8) is 0 Å². The monoisotopic (exact) mass is 320 g/mol. The summed E-state index contributed by atoms with van der Waals surface area (Å²) in [7, 11) is 1.94. The van der Waals surface area contributed by atoms with Crippen LogP contribution in [0.5, 0.6) is 0 Å². The van der Waals surface area contributed by atoms with Crippen LogP contribution in [0.1, 0.15) is 22.8 Å². The van der Waals surface area contributed by atoms with Crippen molar-refractivity contribution in [2.75, 3.05) is 7.05 Å². The van der Waals surface area contributed by atoms with Gasteiger partial charge >= 0.3 is 0 Å². The minimum atomic E-state index is -0.0261. The molecule has 2 heterocycles.